The summed E-state index contributed by atoms with van der Waals surface area (Å²) in [5.74, 6) is -0.203. The molecule has 7 heteroatoms. The van der Waals surface area contributed by atoms with Gasteiger partial charge in [-0.25, -0.2) is 4.79 Å². The second-order valence-corrected chi connectivity index (χ2v) is 6.81. The molecule has 1 saturated carbocycles. The summed E-state index contributed by atoms with van der Waals surface area (Å²) in [4.78, 5) is 24.3. The standard InChI is InChI=1S/C21H21N5O2/c27-20(16-5-7-17(8-6-16)24-21(28)25-18-9-10-18)23-19-4-1-3-15(13-19)14-26-12-2-11-22-26/h1-8,11-13,18H,9-10,14H2,(H,23,27)(H2,24,25,28). The Morgan fingerprint density at radius 1 is 1.00 bits per heavy atom. The molecule has 1 fully saturated rings. The number of hydrogen-bond acceptors (Lipinski definition) is 3. The summed E-state index contributed by atoms with van der Waals surface area (Å²) >= 11 is 0. The molecule has 0 bridgehead atoms. The quantitative estimate of drug-likeness (QED) is 0.616. The van der Waals surface area contributed by atoms with Crippen LogP contribution >= 0.6 is 0 Å². The summed E-state index contributed by atoms with van der Waals surface area (Å²) in [6.45, 7) is 0.639. The van der Waals surface area contributed by atoms with E-state index in [1.807, 2.05) is 41.2 Å². The molecule has 1 aliphatic rings. The smallest absolute Gasteiger partial charge is 0.319 e. The van der Waals surface area contributed by atoms with Crippen molar-refractivity contribution in [3.8, 4) is 0 Å². The second kappa shape index (κ2) is 7.96. The predicted octanol–water partition coefficient (Wildman–Crippen LogP) is 3.47. The minimum absolute atomic E-state index is 0.203. The second-order valence-electron chi connectivity index (χ2n) is 6.81. The van der Waals surface area contributed by atoms with Crippen LogP contribution < -0.4 is 16.0 Å². The number of nitrogens with zero attached hydrogens (tertiary/aromatic N) is 2. The number of hydrogen-bond donors (Lipinski definition) is 3. The van der Waals surface area contributed by atoms with Gasteiger partial charge < -0.3 is 16.0 Å². The van der Waals surface area contributed by atoms with Crippen molar-refractivity contribution in [2.45, 2.75) is 25.4 Å². The van der Waals surface area contributed by atoms with Crippen LogP contribution in [0.25, 0.3) is 0 Å². The van der Waals surface area contributed by atoms with Crippen LogP contribution in [0.2, 0.25) is 0 Å². The van der Waals surface area contributed by atoms with E-state index in [0.717, 1.165) is 24.1 Å². The average Bonchev–Trinajstić information content (AvgIpc) is 3.34. The molecule has 142 valence electrons. The number of benzene rings is 2. The predicted molar refractivity (Wildman–Crippen MR) is 107 cm³/mol. The van der Waals surface area contributed by atoms with E-state index in [2.05, 4.69) is 21.0 Å². The molecule has 28 heavy (non-hydrogen) atoms. The molecule has 3 N–H and O–H groups in total. The van der Waals surface area contributed by atoms with Crippen LogP contribution in [0.1, 0.15) is 28.8 Å². The van der Waals surface area contributed by atoms with Crippen LogP contribution in [-0.2, 0) is 6.54 Å². The highest BCUT2D eigenvalue weighted by atomic mass is 16.2. The molecule has 0 unspecified atom stereocenters. The molecule has 0 spiro atoms. The van der Waals surface area contributed by atoms with Gasteiger partial charge in [0, 0.05) is 35.4 Å². The highest BCUT2D eigenvalue weighted by molar-refractivity contribution is 6.04. The van der Waals surface area contributed by atoms with Gasteiger partial charge in [0.1, 0.15) is 0 Å². The maximum absolute atomic E-state index is 12.5. The van der Waals surface area contributed by atoms with Gasteiger partial charge in [0.25, 0.3) is 5.91 Å². The van der Waals surface area contributed by atoms with E-state index < -0.39 is 0 Å². The van der Waals surface area contributed by atoms with Crippen LogP contribution in [0.5, 0.6) is 0 Å². The first-order chi connectivity index (χ1) is 13.7. The third kappa shape index (κ3) is 4.76. The van der Waals surface area contributed by atoms with Crippen molar-refractivity contribution in [1.29, 1.82) is 0 Å². The Hall–Kier alpha value is -3.61. The molecule has 0 radical (unpaired) electrons. The fraction of sp³-hybridized carbons (Fsp3) is 0.190. The lowest BCUT2D eigenvalue weighted by atomic mass is 10.1. The van der Waals surface area contributed by atoms with Gasteiger partial charge in [-0.15, -0.1) is 0 Å². The summed E-state index contributed by atoms with van der Waals surface area (Å²) < 4.78 is 1.83. The number of anilines is 2. The summed E-state index contributed by atoms with van der Waals surface area (Å²) in [6.07, 6.45) is 5.71. The largest absolute Gasteiger partial charge is 0.335 e. The SMILES string of the molecule is O=C(Nc1ccc(C(=O)Nc2cccc(Cn3cccn3)c2)cc1)NC1CC1. The zero-order valence-electron chi connectivity index (χ0n) is 15.3. The Labute approximate surface area is 162 Å². The lowest BCUT2D eigenvalue weighted by Crippen LogP contribution is -2.30. The Kier molecular flexibility index (Phi) is 5.05. The van der Waals surface area contributed by atoms with E-state index in [4.69, 9.17) is 0 Å². The zero-order chi connectivity index (χ0) is 19.3. The number of rotatable bonds is 6. The molecule has 0 atom stereocenters. The molecule has 4 rings (SSSR count). The third-order valence-corrected chi connectivity index (χ3v) is 4.41. The molecule has 0 aliphatic heterocycles. The number of amides is 3. The number of aromatic nitrogens is 2. The first-order valence-corrected chi connectivity index (χ1v) is 9.21. The lowest BCUT2D eigenvalue weighted by Gasteiger charge is -2.09. The zero-order valence-corrected chi connectivity index (χ0v) is 15.3. The van der Waals surface area contributed by atoms with Crippen LogP contribution in [0.3, 0.4) is 0 Å². The van der Waals surface area contributed by atoms with Gasteiger partial charge in [0.2, 0.25) is 0 Å². The molecule has 3 aromatic rings. The number of nitrogens with one attached hydrogen (secondary N) is 3. The van der Waals surface area contributed by atoms with Crippen molar-refractivity contribution in [3.05, 3.63) is 78.1 Å². The summed E-state index contributed by atoms with van der Waals surface area (Å²) in [5, 5.41) is 12.7. The van der Waals surface area contributed by atoms with E-state index >= 15 is 0 Å². The van der Waals surface area contributed by atoms with Crippen molar-refractivity contribution in [1.82, 2.24) is 15.1 Å². The first-order valence-electron chi connectivity index (χ1n) is 9.21. The fourth-order valence-corrected chi connectivity index (χ4v) is 2.82. The van der Waals surface area contributed by atoms with E-state index in [0.29, 0.717) is 23.8 Å². The number of carbonyl (C=O) groups is 2. The average molecular weight is 375 g/mol. The lowest BCUT2D eigenvalue weighted by molar-refractivity contribution is 0.102. The molecule has 7 nitrogen and oxygen atoms in total. The minimum Gasteiger partial charge on any atom is -0.335 e. The topological polar surface area (TPSA) is 88.1 Å². The van der Waals surface area contributed by atoms with E-state index in [1.165, 1.54) is 0 Å². The van der Waals surface area contributed by atoms with E-state index in [9.17, 15) is 9.59 Å². The van der Waals surface area contributed by atoms with Crippen LogP contribution in [0.15, 0.2) is 67.0 Å². The van der Waals surface area contributed by atoms with Gasteiger partial charge in [-0.05, 0) is 60.9 Å². The highest BCUT2D eigenvalue weighted by Crippen LogP contribution is 2.19. The summed E-state index contributed by atoms with van der Waals surface area (Å²) in [6, 6.07) is 16.4. The molecular weight excluding hydrogens is 354 g/mol. The molecular formula is C21H21N5O2. The minimum atomic E-state index is -0.214. The normalized spacial score (nSPS) is 13.0. The van der Waals surface area contributed by atoms with Gasteiger partial charge in [0.05, 0.1) is 6.54 Å². The van der Waals surface area contributed by atoms with Gasteiger partial charge in [-0.1, -0.05) is 12.1 Å². The molecule has 0 saturated heterocycles. The molecule has 1 aliphatic carbocycles. The van der Waals surface area contributed by atoms with Gasteiger partial charge in [-0.2, -0.15) is 5.10 Å². The first kappa shape index (κ1) is 17.8. The highest BCUT2D eigenvalue weighted by Gasteiger charge is 2.23. The van der Waals surface area contributed by atoms with Crippen molar-refractivity contribution in [3.63, 3.8) is 0 Å². The Morgan fingerprint density at radius 3 is 2.54 bits per heavy atom. The van der Waals surface area contributed by atoms with Crippen molar-refractivity contribution < 1.29 is 9.59 Å². The number of urea groups is 1. The third-order valence-electron chi connectivity index (χ3n) is 4.41. The van der Waals surface area contributed by atoms with Crippen LogP contribution in [0, 0.1) is 0 Å². The monoisotopic (exact) mass is 375 g/mol. The maximum atomic E-state index is 12.5. The number of carbonyl (C=O) groups excluding carboxylic acids is 2. The van der Waals surface area contributed by atoms with Crippen molar-refractivity contribution >= 4 is 23.3 Å². The van der Waals surface area contributed by atoms with Gasteiger partial charge in [0.15, 0.2) is 0 Å². The van der Waals surface area contributed by atoms with Crippen molar-refractivity contribution in [2.75, 3.05) is 10.6 Å². The summed E-state index contributed by atoms with van der Waals surface area (Å²) in [7, 11) is 0. The Morgan fingerprint density at radius 2 is 1.82 bits per heavy atom. The maximum Gasteiger partial charge on any atom is 0.319 e. The Bertz CT molecular complexity index is 963. The van der Waals surface area contributed by atoms with Crippen molar-refractivity contribution in [2.24, 2.45) is 0 Å². The van der Waals surface area contributed by atoms with Crippen LogP contribution in [0.4, 0.5) is 16.2 Å². The molecule has 3 amide bonds. The van der Waals surface area contributed by atoms with Gasteiger partial charge >= 0.3 is 6.03 Å². The van der Waals surface area contributed by atoms with E-state index in [-0.39, 0.29) is 11.9 Å². The fourth-order valence-electron chi connectivity index (χ4n) is 2.82. The Balaban J connectivity index is 1.35. The van der Waals surface area contributed by atoms with Crippen LogP contribution in [-0.4, -0.2) is 27.8 Å². The molecule has 1 aromatic heterocycles. The molecule has 2 aromatic carbocycles. The van der Waals surface area contributed by atoms with E-state index in [1.54, 1.807) is 30.5 Å². The molecule has 1 heterocycles. The van der Waals surface area contributed by atoms with Gasteiger partial charge in [-0.3, -0.25) is 9.48 Å². The summed E-state index contributed by atoms with van der Waals surface area (Å²) in [5.41, 5.74) is 2.94.